The molecule has 2 heterocycles. The van der Waals surface area contributed by atoms with Gasteiger partial charge in [0.25, 0.3) is 0 Å². The number of hydrogen-bond acceptors (Lipinski definition) is 7. The number of rotatable bonds is 8. The first-order chi connectivity index (χ1) is 19.8. The lowest BCUT2D eigenvalue weighted by Gasteiger charge is -2.37. The Hall–Kier alpha value is -3.57. The maximum Gasteiger partial charge on any atom is 0.199 e. The molecular weight excluding hydrogens is 516 g/mol. The molecule has 2 fully saturated rings. The second-order valence-electron chi connectivity index (χ2n) is 11.5. The number of benzene rings is 1. The van der Waals surface area contributed by atoms with Crippen LogP contribution in [0.4, 0.5) is 0 Å². The van der Waals surface area contributed by atoms with Gasteiger partial charge in [0.05, 0.1) is 31.6 Å². The number of nitrogens with two attached hydrogens (primary N) is 1. The molecule has 2 saturated carbocycles. The van der Waals surface area contributed by atoms with E-state index in [4.69, 9.17) is 19.9 Å². The number of methoxy groups -OCH3 is 2. The molecule has 220 valence electrons. The average Bonchev–Trinajstić information content (AvgIpc) is 3.44. The summed E-state index contributed by atoms with van der Waals surface area (Å²) >= 11 is 0. The van der Waals surface area contributed by atoms with Crippen LogP contribution in [0, 0.1) is 23.2 Å². The number of imidazole rings is 1. The van der Waals surface area contributed by atoms with Gasteiger partial charge in [-0.25, -0.2) is 4.98 Å². The van der Waals surface area contributed by atoms with E-state index in [1.165, 1.54) is 19.3 Å². The largest absolute Gasteiger partial charge is 0.495 e. The van der Waals surface area contributed by atoms with E-state index in [2.05, 4.69) is 24.9 Å². The first-order valence-corrected chi connectivity index (χ1v) is 14.9. The highest BCUT2D eigenvalue weighted by molar-refractivity contribution is 5.79. The molecule has 2 N–H and O–H groups in total. The number of ketones is 1. The maximum absolute atomic E-state index is 10.8. The second kappa shape index (κ2) is 13.9. The van der Waals surface area contributed by atoms with Crippen molar-refractivity contribution in [3.8, 4) is 34.7 Å². The number of pyridine rings is 1. The molecule has 8 nitrogen and oxygen atoms in total. The minimum atomic E-state index is -0.387. The number of carbonyl (C=O) groups is 1. The van der Waals surface area contributed by atoms with E-state index in [0.29, 0.717) is 47.2 Å². The van der Waals surface area contributed by atoms with Crippen molar-refractivity contribution in [2.24, 2.45) is 17.6 Å². The molecule has 3 atom stereocenters. The lowest BCUT2D eigenvalue weighted by Crippen LogP contribution is -2.49. The van der Waals surface area contributed by atoms with Gasteiger partial charge >= 0.3 is 0 Å². The van der Waals surface area contributed by atoms with Crippen LogP contribution in [0.3, 0.4) is 0 Å². The van der Waals surface area contributed by atoms with Gasteiger partial charge in [-0.2, -0.15) is 5.26 Å². The molecule has 41 heavy (non-hydrogen) atoms. The molecule has 2 aromatic heterocycles. The maximum atomic E-state index is 10.8. The number of ether oxygens (including phenoxy) is 3. The van der Waals surface area contributed by atoms with E-state index >= 15 is 0 Å². The third-order valence-corrected chi connectivity index (χ3v) is 8.63. The van der Waals surface area contributed by atoms with Crippen molar-refractivity contribution in [3.63, 3.8) is 0 Å². The summed E-state index contributed by atoms with van der Waals surface area (Å²) in [4.78, 5) is 15.3. The normalized spacial score (nSPS) is 22.4. The fourth-order valence-electron chi connectivity index (χ4n) is 6.18. The minimum Gasteiger partial charge on any atom is -0.495 e. The van der Waals surface area contributed by atoms with E-state index in [-0.39, 0.29) is 5.54 Å². The molecule has 2 aliphatic rings. The number of hydrogen-bond donors (Lipinski definition) is 1. The van der Waals surface area contributed by atoms with Crippen molar-refractivity contribution in [1.82, 2.24) is 9.38 Å². The number of nitrogens with zero attached hydrogens (tertiary/aromatic N) is 3. The molecule has 3 aromatic rings. The fraction of sp³-hybridized carbons (Fsp3) is 0.545. The topological polar surface area (TPSA) is 112 Å². The summed E-state index contributed by atoms with van der Waals surface area (Å²) in [6.07, 6.45) is 12.4. The summed E-state index contributed by atoms with van der Waals surface area (Å²) in [6.45, 7) is 4.74. The number of aromatic nitrogens is 2. The summed E-state index contributed by atoms with van der Waals surface area (Å²) in [5, 5.41) is 9.81. The van der Waals surface area contributed by atoms with E-state index in [9.17, 15) is 10.1 Å². The standard InChI is InChI=1S/C25H30N4O3.C8H14O/c1-4-17-7-6-10-25(27,13-17)16-32-22-12-18(11-21(30-2)19(22)14-26)20-15-28-23-8-5-9-24(31-3)29(20)23;1-2-7-4-3-5-8(9)6-7/h5,8-9,11-12,15,17H,4,6-7,10,13,16,27H2,1-3H3;7H,2-6H2,1H3/t17-,25-;/m0./s1. The molecule has 2 aliphatic carbocycles. The third kappa shape index (κ3) is 7.20. The van der Waals surface area contributed by atoms with Crippen LogP contribution in [0.1, 0.15) is 83.6 Å². The van der Waals surface area contributed by atoms with Crippen LogP contribution >= 0.6 is 0 Å². The van der Waals surface area contributed by atoms with Gasteiger partial charge in [-0.1, -0.05) is 45.6 Å². The van der Waals surface area contributed by atoms with Crippen LogP contribution < -0.4 is 19.9 Å². The predicted octanol–water partition coefficient (Wildman–Crippen LogP) is 6.72. The molecule has 1 unspecified atom stereocenters. The Balaban J connectivity index is 0.000000367. The van der Waals surface area contributed by atoms with Crippen LogP contribution in [0.5, 0.6) is 17.4 Å². The smallest absolute Gasteiger partial charge is 0.199 e. The Bertz CT molecular complexity index is 1380. The number of nitriles is 1. The minimum absolute atomic E-state index is 0.362. The van der Waals surface area contributed by atoms with Gasteiger partial charge in [-0.05, 0) is 61.8 Å². The van der Waals surface area contributed by atoms with Gasteiger partial charge in [0.1, 0.15) is 41.2 Å². The van der Waals surface area contributed by atoms with Gasteiger partial charge in [-0.3, -0.25) is 9.20 Å². The summed E-state index contributed by atoms with van der Waals surface area (Å²) < 4.78 is 19.2. The molecule has 8 heteroatoms. The SMILES string of the molecule is CCC1CCCC(=O)C1.CC[C@H]1CCC[C@@](N)(COc2cc(-c3cnc4cccc(OC)n34)cc(OC)c2C#N)C1. The summed E-state index contributed by atoms with van der Waals surface area (Å²) in [5.74, 6) is 3.40. The Morgan fingerprint density at radius 2 is 1.85 bits per heavy atom. The van der Waals surface area contributed by atoms with Crippen molar-refractivity contribution in [2.45, 2.75) is 83.6 Å². The second-order valence-corrected chi connectivity index (χ2v) is 11.5. The highest BCUT2D eigenvalue weighted by atomic mass is 16.5. The van der Waals surface area contributed by atoms with Crippen molar-refractivity contribution in [2.75, 3.05) is 20.8 Å². The monoisotopic (exact) mass is 560 g/mol. The Kier molecular flexibility index (Phi) is 10.3. The van der Waals surface area contributed by atoms with E-state index in [1.54, 1.807) is 20.4 Å². The van der Waals surface area contributed by atoms with Crippen molar-refractivity contribution in [3.05, 3.63) is 42.1 Å². The van der Waals surface area contributed by atoms with Crippen LogP contribution in [-0.2, 0) is 4.79 Å². The van der Waals surface area contributed by atoms with E-state index < -0.39 is 0 Å². The number of fused-ring (bicyclic) bond motifs is 1. The quantitative estimate of drug-likeness (QED) is 0.325. The van der Waals surface area contributed by atoms with E-state index in [0.717, 1.165) is 61.9 Å². The van der Waals surface area contributed by atoms with Gasteiger partial charge in [0, 0.05) is 18.4 Å². The van der Waals surface area contributed by atoms with Gasteiger partial charge in [0.15, 0.2) is 5.88 Å². The molecule has 0 spiro atoms. The third-order valence-electron chi connectivity index (χ3n) is 8.63. The Morgan fingerprint density at radius 3 is 2.51 bits per heavy atom. The lowest BCUT2D eigenvalue weighted by atomic mass is 9.76. The summed E-state index contributed by atoms with van der Waals surface area (Å²) in [6, 6.07) is 11.6. The van der Waals surface area contributed by atoms with Crippen LogP contribution in [0.2, 0.25) is 0 Å². The zero-order chi connectivity index (χ0) is 29.4. The average molecular weight is 561 g/mol. The predicted molar refractivity (Wildman–Crippen MR) is 160 cm³/mol. The molecule has 0 aliphatic heterocycles. The highest BCUT2D eigenvalue weighted by Crippen LogP contribution is 2.38. The Morgan fingerprint density at radius 1 is 1.10 bits per heavy atom. The zero-order valence-corrected chi connectivity index (χ0v) is 24.9. The molecule has 1 aromatic carbocycles. The first kappa shape index (κ1) is 30.4. The van der Waals surface area contributed by atoms with Gasteiger partial charge < -0.3 is 19.9 Å². The number of carbonyl (C=O) groups excluding carboxylic acids is 1. The summed E-state index contributed by atoms with van der Waals surface area (Å²) in [5.41, 5.74) is 9.08. The Labute approximate surface area is 243 Å². The fourth-order valence-corrected chi connectivity index (χ4v) is 6.18. The van der Waals surface area contributed by atoms with Crippen LogP contribution in [-0.4, -0.2) is 41.5 Å². The molecular formula is C33H44N4O4. The highest BCUT2D eigenvalue weighted by Gasteiger charge is 2.33. The summed E-state index contributed by atoms with van der Waals surface area (Å²) in [7, 11) is 3.18. The number of Topliss-reactive ketones (excluding diaryl/α,β-unsaturated/α-hetero) is 1. The molecule has 0 bridgehead atoms. The zero-order valence-electron chi connectivity index (χ0n) is 24.9. The van der Waals surface area contributed by atoms with Crippen molar-refractivity contribution < 1.29 is 19.0 Å². The van der Waals surface area contributed by atoms with Crippen molar-refractivity contribution >= 4 is 11.4 Å². The van der Waals surface area contributed by atoms with Gasteiger partial charge in [0.2, 0.25) is 0 Å². The van der Waals surface area contributed by atoms with Crippen LogP contribution in [0.25, 0.3) is 16.9 Å². The molecule has 5 rings (SSSR count). The molecule has 0 radical (unpaired) electrons. The van der Waals surface area contributed by atoms with Crippen molar-refractivity contribution in [1.29, 1.82) is 5.26 Å². The van der Waals surface area contributed by atoms with Crippen LogP contribution in [0.15, 0.2) is 36.5 Å². The molecule has 0 saturated heterocycles. The molecule has 0 amide bonds. The lowest BCUT2D eigenvalue weighted by molar-refractivity contribution is -0.121. The van der Waals surface area contributed by atoms with Gasteiger partial charge in [-0.15, -0.1) is 0 Å². The van der Waals surface area contributed by atoms with E-state index in [1.807, 2.05) is 34.7 Å². The first-order valence-electron chi connectivity index (χ1n) is 14.9.